The van der Waals surface area contributed by atoms with Crippen molar-refractivity contribution in [1.29, 1.82) is 0 Å². The van der Waals surface area contributed by atoms with Gasteiger partial charge in [-0.1, -0.05) is 41.4 Å². The molecule has 1 heterocycles. The first-order valence-electron chi connectivity index (χ1n) is 8.99. The zero-order chi connectivity index (χ0) is 21.1. The van der Waals surface area contributed by atoms with Crippen LogP contribution in [0.4, 0.5) is 5.69 Å². The molecule has 0 saturated carbocycles. The molecule has 0 spiro atoms. The number of hydrogen-bond donors (Lipinski definition) is 1. The number of esters is 1. The van der Waals surface area contributed by atoms with Gasteiger partial charge in [-0.3, -0.25) is 4.79 Å². The first-order chi connectivity index (χ1) is 13.8. The SMILES string of the molecule is Cc1cc(C(=O)OC(C)C(=O)Nc2cc(Cl)ccc2Cl)c(C)n1-c1ccccc1. The van der Waals surface area contributed by atoms with Crippen molar-refractivity contribution in [3.05, 3.63) is 81.6 Å². The highest BCUT2D eigenvalue weighted by Crippen LogP contribution is 2.26. The number of anilines is 1. The molecule has 150 valence electrons. The molecule has 0 radical (unpaired) electrons. The molecule has 1 amide bonds. The number of halogens is 2. The Morgan fingerprint density at radius 3 is 2.41 bits per heavy atom. The van der Waals surface area contributed by atoms with Gasteiger partial charge in [0.2, 0.25) is 0 Å². The molecule has 1 atom stereocenters. The first kappa shape index (κ1) is 21.0. The Kier molecular flexibility index (Phi) is 6.30. The fourth-order valence-corrected chi connectivity index (χ4v) is 3.39. The van der Waals surface area contributed by atoms with Crippen LogP contribution >= 0.6 is 23.2 Å². The van der Waals surface area contributed by atoms with E-state index < -0.39 is 18.0 Å². The van der Waals surface area contributed by atoms with E-state index >= 15 is 0 Å². The van der Waals surface area contributed by atoms with E-state index in [4.69, 9.17) is 27.9 Å². The Hall–Kier alpha value is -2.76. The fourth-order valence-electron chi connectivity index (χ4n) is 3.05. The second-order valence-corrected chi connectivity index (χ2v) is 7.46. The molecule has 0 aliphatic carbocycles. The summed E-state index contributed by atoms with van der Waals surface area (Å²) in [6, 6.07) is 16.2. The van der Waals surface area contributed by atoms with Crippen molar-refractivity contribution < 1.29 is 14.3 Å². The molecule has 1 unspecified atom stereocenters. The van der Waals surface area contributed by atoms with Gasteiger partial charge in [-0.15, -0.1) is 0 Å². The van der Waals surface area contributed by atoms with E-state index in [9.17, 15) is 9.59 Å². The maximum Gasteiger partial charge on any atom is 0.340 e. The van der Waals surface area contributed by atoms with Crippen LogP contribution in [0.25, 0.3) is 5.69 Å². The summed E-state index contributed by atoms with van der Waals surface area (Å²) in [6.45, 7) is 5.25. The zero-order valence-electron chi connectivity index (χ0n) is 16.2. The molecule has 0 bridgehead atoms. The summed E-state index contributed by atoms with van der Waals surface area (Å²) in [4.78, 5) is 25.1. The number of aryl methyl sites for hydroxylation is 1. The third kappa shape index (κ3) is 4.63. The van der Waals surface area contributed by atoms with Gasteiger partial charge in [-0.25, -0.2) is 4.79 Å². The Morgan fingerprint density at radius 2 is 1.72 bits per heavy atom. The molecule has 7 heteroatoms. The van der Waals surface area contributed by atoms with Gasteiger partial charge in [0.05, 0.1) is 16.3 Å². The third-order valence-corrected chi connectivity index (χ3v) is 5.07. The van der Waals surface area contributed by atoms with Crippen molar-refractivity contribution in [2.45, 2.75) is 26.9 Å². The summed E-state index contributed by atoms with van der Waals surface area (Å²) in [5.74, 6) is -1.07. The number of hydrogen-bond acceptors (Lipinski definition) is 3. The molecular formula is C22H20Cl2N2O3. The Morgan fingerprint density at radius 1 is 1.03 bits per heavy atom. The predicted molar refractivity (Wildman–Crippen MR) is 115 cm³/mol. The number of nitrogens with one attached hydrogen (secondary N) is 1. The highest BCUT2D eigenvalue weighted by molar-refractivity contribution is 6.35. The number of carbonyl (C=O) groups is 2. The average molecular weight is 431 g/mol. The van der Waals surface area contributed by atoms with Crippen molar-refractivity contribution in [2.24, 2.45) is 0 Å². The smallest absolute Gasteiger partial charge is 0.340 e. The molecule has 0 aliphatic rings. The molecule has 0 fully saturated rings. The maximum absolute atomic E-state index is 12.7. The summed E-state index contributed by atoms with van der Waals surface area (Å²) in [5, 5.41) is 3.40. The van der Waals surface area contributed by atoms with Crippen LogP contribution in [0, 0.1) is 13.8 Å². The summed E-state index contributed by atoms with van der Waals surface area (Å²) < 4.78 is 7.35. The van der Waals surface area contributed by atoms with Crippen molar-refractivity contribution in [1.82, 2.24) is 4.57 Å². The Bertz CT molecular complexity index is 1060. The first-order valence-corrected chi connectivity index (χ1v) is 9.74. The monoisotopic (exact) mass is 430 g/mol. The van der Waals surface area contributed by atoms with Gasteiger partial charge in [0, 0.05) is 22.1 Å². The van der Waals surface area contributed by atoms with Crippen LogP contribution in [0.2, 0.25) is 10.0 Å². The van der Waals surface area contributed by atoms with Crippen molar-refractivity contribution in [3.8, 4) is 5.69 Å². The number of nitrogens with zero attached hydrogens (tertiary/aromatic N) is 1. The van der Waals surface area contributed by atoms with E-state index in [0.717, 1.165) is 17.1 Å². The third-order valence-electron chi connectivity index (χ3n) is 4.50. The molecule has 3 rings (SSSR count). The molecule has 5 nitrogen and oxygen atoms in total. The lowest BCUT2D eigenvalue weighted by molar-refractivity contribution is -0.123. The second-order valence-electron chi connectivity index (χ2n) is 6.62. The summed E-state index contributed by atoms with van der Waals surface area (Å²) in [5.41, 5.74) is 3.34. The fraction of sp³-hybridized carbons (Fsp3) is 0.182. The predicted octanol–water partition coefficient (Wildman–Crippen LogP) is 5.58. The van der Waals surface area contributed by atoms with Crippen LogP contribution in [-0.2, 0) is 9.53 Å². The lowest BCUT2D eigenvalue weighted by Gasteiger charge is -2.15. The molecular weight excluding hydrogens is 411 g/mol. The summed E-state index contributed by atoms with van der Waals surface area (Å²) >= 11 is 12.0. The number of amides is 1. The number of ether oxygens (including phenoxy) is 1. The topological polar surface area (TPSA) is 60.3 Å². The number of para-hydroxylation sites is 1. The summed E-state index contributed by atoms with van der Waals surface area (Å²) in [6.07, 6.45) is -1.02. The minimum Gasteiger partial charge on any atom is -0.449 e. The zero-order valence-corrected chi connectivity index (χ0v) is 17.7. The maximum atomic E-state index is 12.7. The van der Waals surface area contributed by atoms with Crippen LogP contribution in [0.1, 0.15) is 28.7 Å². The van der Waals surface area contributed by atoms with E-state index in [-0.39, 0.29) is 0 Å². The van der Waals surface area contributed by atoms with Gasteiger partial charge in [-0.05, 0) is 57.2 Å². The molecule has 29 heavy (non-hydrogen) atoms. The highest BCUT2D eigenvalue weighted by Gasteiger charge is 2.23. The number of carbonyl (C=O) groups excluding carboxylic acids is 2. The van der Waals surface area contributed by atoms with Crippen molar-refractivity contribution >= 4 is 40.8 Å². The van der Waals surface area contributed by atoms with Crippen LogP contribution < -0.4 is 5.32 Å². The van der Waals surface area contributed by atoms with Crippen LogP contribution in [0.15, 0.2) is 54.6 Å². The van der Waals surface area contributed by atoms with E-state index in [2.05, 4.69) is 5.32 Å². The minimum atomic E-state index is -1.02. The number of rotatable bonds is 5. The Labute approximate surface area is 179 Å². The lowest BCUT2D eigenvalue weighted by Crippen LogP contribution is -2.30. The van der Waals surface area contributed by atoms with Gasteiger partial charge in [0.1, 0.15) is 0 Å². The van der Waals surface area contributed by atoms with E-state index in [1.165, 1.54) is 13.0 Å². The molecule has 2 aromatic carbocycles. The van der Waals surface area contributed by atoms with E-state index in [1.807, 2.05) is 48.7 Å². The molecule has 3 aromatic rings. The van der Waals surface area contributed by atoms with Gasteiger partial charge < -0.3 is 14.6 Å². The Balaban J connectivity index is 1.75. The van der Waals surface area contributed by atoms with Crippen LogP contribution in [0.5, 0.6) is 0 Å². The molecule has 0 saturated heterocycles. The molecule has 0 aliphatic heterocycles. The van der Waals surface area contributed by atoms with Crippen LogP contribution in [-0.4, -0.2) is 22.5 Å². The van der Waals surface area contributed by atoms with Crippen LogP contribution in [0.3, 0.4) is 0 Å². The normalized spacial score (nSPS) is 11.8. The molecule has 1 N–H and O–H groups in total. The summed E-state index contributed by atoms with van der Waals surface area (Å²) in [7, 11) is 0. The van der Waals surface area contributed by atoms with Crippen molar-refractivity contribution in [3.63, 3.8) is 0 Å². The van der Waals surface area contributed by atoms with Gasteiger partial charge >= 0.3 is 5.97 Å². The standard InChI is InChI=1S/C22H20Cl2N2O3/c1-13-11-18(14(2)26(13)17-7-5-4-6-8-17)22(28)29-15(3)21(27)25-20-12-16(23)9-10-19(20)24/h4-12,15H,1-3H3,(H,25,27). The van der Waals surface area contributed by atoms with Gasteiger partial charge in [-0.2, -0.15) is 0 Å². The number of aromatic nitrogens is 1. The largest absolute Gasteiger partial charge is 0.449 e. The van der Waals surface area contributed by atoms with Crippen molar-refractivity contribution in [2.75, 3.05) is 5.32 Å². The number of benzene rings is 2. The lowest BCUT2D eigenvalue weighted by atomic mass is 10.2. The quantitative estimate of drug-likeness (QED) is 0.536. The van der Waals surface area contributed by atoms with E-state index in [0.29, 0.717) is 21.3 Å². The van der Waals surface area contributed by atoms with E-state index in [1.54, 1.807) is 18.2 Å². The highest BCUT2D eigenvalue weighted by atomic mass is 35.5. The molecule has 1 aromatic heterocycles. The van der Waals surface area contributed by atoms with Gasteiger partial charge in [0.15, 0.2) is 6.10 Å². The average Bonchev–Trinajstić information content (AvgIpc) is 2.99. The van der Waals surface area contributed by atoms with Gasteiger partial charge in [0.25, 0.3) is 5.91 Å². The minimum absolute atomic E-state index is 0.340. The second kappa shape index (κ2) is 8.72.